The molecule has 1 atom stereocenters. The standard InChI is InChI=1S/C5H15N3O/c6-1-2-8-3-5(7)4-9/h5,8-9H,1-4,6-7H2. The zero-order valence-electron chi connectivity index (χ0n) is 5.51. The van der Waals surface area contributed by atoms with Gasteiger partial charge in [-0.3, -0.25) is 0 Å². The smallest absolute Gasteiger partial charge is 0.0594 e. The summed E-state index contributed by atoms with van der Waals surface area (Å²) >= 11 is 0. The number of aliphatic hydroxyl groups excluding tert-OH is 1. The molecule has 0 radical (unpaired) electrons. The highest BCUT2D eigenvalue weighted by Crippen LogP contribution is 1.69. The summed E-state index contributed by atoms with van der Waals surface area (Å²) in [6.07, 6.45) is 0. The Morgan fingerprint density at radius 1 is 1.56 bits per heavy atom. The summed E-state index contributed by atoms with van der Waals surface area (Å²) in [5.74, 6) is 0. The van der Waals surface area contributed by atoms with E-state index in [1.807, 2.05) is 0 Å². The van der Waals surface area contributed by atoms with E-state index in [9.17, 15) is 0 Å². The van der Waals surface area contributed by atoms with E-state index >= 15 is 0 Å². The molecule has 0 spiro atoms. The van der Waals surface area contributed by atoms with Crippen LogP contribution in [0.4, 0.5) is 0 Å². The van der Waals surface area contributed by atoms with Gasteiger partial charge in [-0.15, -0.1) is 0 Å². The number of nitrogens with two attached hydrogens (primary N) is 2. The molecule has 0 saturated heterocycles. The van der Waals surface area contributed by atoms with Crippen LogP contribution in [0.5, 0.6) is 0 Å². The molecule has 0 aromatic carbocycles. The van der Waals surface area contributed by atoms with Gasteiger partial charge in [-0.2, -0.15) is 0 Å². The van der Waals surface area contributed by atoms with Crippen molar-refractivity contribution in [1.82, 2.24) is 5.32 Å². The van der Waals surface area contributed by atoms with Crippen LogP contribution in [0.1, 0.15) is 0 Å². The molecule has 6 N–H and O–H groups in total. The number of hydrogen-bond donors (Lipinski definition) is 4. The Hall–Kier alpha value is -0.160. The van der Waals surface area contributed by atoms with E-state index in [1.54, 1.807) is 0 Å². The fourth-order valence-electron chi connectivity index (χ4n) is 0.454. The van der Waals surface area contributed by atoms with Crippen molar-refractivity contribution in [2.75, 3.05) is 26.2 Å². The van der Waals surface area contributed by atoms with Gasteiger partial charge in [-0.1, -0.05) is 0 Å². The van der Waals surface area contributed by atoms with E-state index in [1.165, 1.54) is 0 Å². The molecule has 9 heavy (non-hydrogen) atoms. The molecular formula is C5H15N3O. The van der Waals surface area contributed by atoms with Gasteiger partial charge in [0.2, 0.25) is 0 Å². The van der Waals surface area contributed by atoms with Crippen LogP contribution in [-0.2, 0) is 0 Å². The van der Waals surface area contributed by atoms with Crippen LogP contribution in [-0.4, -0.2) is 37.4 Å². The zero-order valence-corrected chi connectivity index (χ0v) is 5.51. The van der Waals surface area contributed by atoms with E-state index in [0.717, 1.165) is 6.54 Å². The van der Waals surface area contributed by atoms with Crippen LogP contribution >= 0.6 is 0 Å². The van der Waals surface area contributed by atoms with Crippen molar-refractivity contribution < 1.29 is 5.11 Å². The van der Waals surface area contributed by atoms with Crippen LogP contribution < -0.4 is 16.8 Å². The monoisotopic (exact) mass is 133 g/mol. The Balaban J connectivity index is 2.88. The molecule has 0 aliphatic heterocycles. The minimum atomic E-state index is -0.156. The largest absolute Gasteiger partial charge is 0.395 e. The summed E-state index contributed by atoms with van der Waals surface area (Å²) < 4.78 is 0. The van der Waals surface area contributed by atoms with Gasteiger partial charge in [-0.05, 0) is 0 Å². The first kappa shape index (κ1) is 8.84. The summed E-state index contributed by atoms with van der Waals surface area (Å²) in [7, 11) is 0. The normalized spacial score (nSPS) is 13.7. The molecular weight excluding hydrogens is 118 g/mol. The van der Waals surface area contributed by atoms with E-state index < -0.39 is 0 Å². The third kappa shape index (κ3) is 5.72. The molecule has 1 unspecified atom stereocenters. The van der Waals surface area contributed by atoms with Crippen molar-refractivity contribution in [2.24, 2.45) is 11.5 Å². The number of nitrogens with one attached hydrogen (secondary N) is 1. The van der Waals surface area contributed by atoms with Crippen molar-refractivity contribution in [3.8, 4) is 0 Å². The number of hydrogen-bond acceptors (Lipinski definition) is 4. The van der Waals surface area contributed by atoms with Gasteiger partial charge in [0.05, 0.1) is 6.61 Å². The van der Waals surface area contributed by atoms with Gasteiger partial charge < -0.3 is 21.9 Å². The van der Waals surface area contributed by atoms with Crippen molar-refractivity contribution in [3.05, 3.63) is 0 Å². The third-order valence-corrected chi connectivity index (χ3v) is 0.962. The molecule has 0 fully saturated rings. The van der Waals surface area contributed by atoms with Crippen molar-refractivity contribution >= 4 is 0 Å². The lowest BCUT2D eigenvalue weighted by atomic mass is 10.3. The van der Waals surface area contributed by atoms with E-state index in [0.29, 0.717) is 13.1 Å². The first-order valence-corrected chi connectivity index (χ1v) is 3.08. The lowest BCUT2D eigenvalue weighted by Crippen LogP contribution is -2.38. The highest BCUT2D eigenvalue weighted by molar-refractivity contribution is 4.61. The van der Waals surface area contributed by atoms with E-state index in [2.05, 4.69) is 5.32 Å². The summed E-state index contributed by atoms with van der Waals surface area (Å²) in [6.45, 7) is 2.02. The summed E-state index contributed by atoms with van der Waals surface area (Å²) in [4.78, 5) is 0. The second-order valence-electron chi connectivity index (χ2n) is 1.94. The molecule has 0 saturated carbocycles. The highest BCUT2D eigenvalue weighted by Gasteiger charge is 1.96. The Kier molecular flexibility index (Phi) is 5.86. The molecule has 4 heteroatoms. The van der Waals surface area contributed by atoms with Gasteiger partial charge in [0, 0.05) is 25.7 Å². The first-order chi connectivity index (χ1) is 4.31. The van der Waals surface area contributed by atoms with Crippen LogP contribution in [0.25, 0.3) is 0 Å². The predicted octanol–water partition coefficient (Wildman–Crippen LogP) is -2.15. The topological polar surface area (TPSA) is 84.3 Å². The number of rotatable bonds is 5. The molecule has 0 aliphatic carbocycles. The summed E-state index contributed by atoms with van der Waals surface area (Å²) in [5.41, 5.74) is 10.6. The van der Waals surface area contributed by atoms with Gasteiger partial charge in [0.15, 0.2) is 0 Å². The molecule has 0 amide bonds. The zero-order chi connectivity index (χ0) is 7.11. The molecule has 0 heterocycles. The summed E-state index contributed by atoms with van der Waals surface area (Å²) in [5, 5.41) is 11.4. The fraction of sp³-hybridized carbons (Fsp3) is 1.00. The molecule has 56 valence electrons. The Bertz CT molecular complexity index is 60.2. The van der Waals surface area contributed by atoms with Gasteiger partial charge in [0.1, 0.15) is 0 Å². The van der Waals surface area contributed by atoms with Crippen molar-refractivity contribution in [2.45, 2.75) is 6.04 Å². The van der Waals surface area contributed by atoms with Crippen molar-refractivity contribution in [3.63, 3.8) is 0 Å². The van der Waals surface area contributed by atoms with Gasteiger partial charge >= 0.3 is 0 Å². The minimum absolute atomic E-state index is 0.0254. The second kappa shape index (κ2) is 5.97. The van der Waals surface area contributed by atoms with Gasteiger partial charge in [-0.25, -0.2) is 0 Å². The first-order valence-electron chi connectivity index (χ1n) is 3.08. The SMILES string of the molecule is NCCNCC(N)CO. The molecule has 0 aliphatic rings. The van der Waals surface area contributed by atoms with Crippen LogP contribution in [0, 0.1) is 0 Å². The molecule has 0 aromatic rings. The average molecular weight is 133 g/mol. The number of aliphatic hydroxyl groups is 1. The molecule has 4 nitrogen and oxygen atoms in total. The van der Waals surface area contributed by atoms with Crippen LogP contribution in [0.3, 0.4) is 0 Å². The quantitative estimate of drug-likeness (QED) is 0.322. The van der Waals surface area contributed by atoms with E-state index in [4.69, 9.17) is 16.6 Å². The molecule has 0 rings (SSSR count). The minimum Gasteiger partial charge on any atom is -0.395 e. The third-order valence-electron chi connectivity index (χ3n) is 0.962. The second-order valence-corrected chi connectivity index (χ2v) is 1.94. The maximum Gasteiger partial charge on any atom is 0.0594 e. The lowest BCUT2D eigenvalue weighted by Gasteiger charge is -2.07. The Morgan fingerprint density at radius 3 is 2.67 bits per heavy atom. The Morgan fingerprint density at radius 2 is 2.22 bits per heavy atom. The van der Waals surface area contributed by atoms with Crippen LogP contribution in [0.2, 0.25) is 0 Å². The summed E-state index contributed by atoms with van der Waals surface area (Å²) in [6, 6.07) is -0.156. The lowest BCUT2D eigenvalue weighted by molar-refractivity contribution is 0.263. The molecule has 0 aromatic heterocycles. The van der Waals surface area contributed by atoms with Crippen molar-refractivity contribution in [1.29, 1.82) is 0 Å². The maximum atomic E-state index is 8.44. The van der Waals surface area contributed by atoms with Gasteiger partial charge in [0.25, 0.3) is 0 Å². The maximum absolute atomic E-state index is 8.44. The average Bonchev–Trinajstić information content (AvgIpc) is 1.89. The highest BCUT2D eigenvalue weighted by atomic mass is 16.3. The van der Waals surface area contributed by atoms with E-state index in [-0.39, 0.29) is 12.6 Å². The Labute approximate surface area is 55.2 Å². The fourth-order valence-corrected chi connectivity index (χ4v) is 0.454. The predicted molar refractivity (Wildman–Crippen MR) is 37.0 cm³/mol. The van der Waals surface area contributed by atoms with Crippen LogP contribution in [0.15, 0.2) is 0 Å². The molecule has 0 bridgehead atoms.